The molecule has 152 valence electrons. The molecule has 0 spiro atoms. The fourth-order valence-corrected chi connectivity index (χ4v) is 3.48. The van der Waals surface area contributed by atoms with Crippen molar-refractivity contribution in [2.75, 3.05) is 4.90 Å². The molecule has 0 aliphatic carbocycles. The second kappa shape index (κ2) is 7.83. The molecule has 0 bridgehead atoms. The quantitative estimate of drug-likeness (QED) is 0.241. The summed E-state index contributed by atoms with van der Waals surface area (Å²) in [6.07, 6.45) is 0.562. The monoisotopic (exact) mass is 396 g/mol. The normalized spacial score (nSPS) is 13.5. The first-order valence-electron chi connectivity index (χ1n) is 9.22. The van der Waals surface area contributed by atoms with Gasteiger partial charge in [0.1, 0.15) is 11.5 Å². The van der Waals surface area contributed by atoms with E-state index in [0.717, 1.165) is 11.1 Å². The van der Waals surface area contributed by atoms with Gasteiger partial charge in [-0.2, -0.15) is 5.10 Å². The topological polar surface area (TPSA) is 119 Å². The van der Waals surface area contributed by atoms with E-state index in [9.17, 15) is 19.8 Å². The van der Waals surface area contributed by atoms with E-state index in [4.69, 9.17) is 5.84 Å². The predicted molar refractivity (Wildman–Crippen MR) is 109 cm³/mol. The number of hydrogen-bond acceptors (Lipinski definition) is 6. The first-order chi connectivity index (χ1) is 13.8. The molecule has 0 saturated carbocycles. The van der Waals surface area contributed by atoms with Gasteiger partial charge < -0.3 is 21.0 Å². The highest BCUT2D eigenvalue weighted by Crippen LogP contribution is 2.34. The van der Waals surface area contributed by atoms with E-state index in [0.29, 0.717) is 30.8 Å². The third-order valence-corrected chi connectivity index (χ3v) is 5.10. The SMILES string of the molecule is CC(=O)N1Cc2ccc(N(C=O)/C(=N\N)c3cc(C(C)C)c(O)cc3O)cc2C1. The fraction of sp³-hybridized carbons (Fsp3) is 0.286. The smallest absolute Gasteiger partial charge is 0.220 e. The van der Waals surface area contributed by atoms with E-state index in [1.54, 1.807) is 23.1 Å². The van der Waals surface area contributed by atoms with Gasteiger partial charge in [-0.05, 0) is 40.8 Å². The van der Waals surface area contributed by atoms with Gasteiger partial charge >= 0.3 is 0 Å². The summed E-state index contributed by atoms with van der Waals surface area (Å²) in [4.78, 5) is 26.5. The molecule has 0 fully saturated rings. The van der Waals surface area contributed by atoms with Crippen LogP contribution < -0.4 is 10.7 Å². The van der Waals surface area contributed by atoms with Gasteiger partial charge in [-0.1, -0.05) is 19.9 Å². The molecule has 0 radical (unpaired) electrons. The van der Waals surface area contributed by atoms with Gasteiger partial charge in [0.2, 0.25) is 12.3 Å². The van der Waals surface area contributed by atoms with E-state index >= 15 is 0 Å². The molecule has 1 aliphatic heterocycles. The third-order valence-electron chi connectivity index (χ3n) is 5.10. The lowest BCUT2D eigenvalue weighted by Crippen LogP contribution is -2.31. The highest BCUT2D eigenvalue weighted by Gasteiger charge is 2.25. The second-order valence-electron chi connectivity index (χ2n) is 7.34. The Morgan fingerprint density at radius 1 is 1.17 bits per heavy atom. The van der Waals surface area contributed by atoms with Crippen LogP contribution in [0.1, 0.15) is 48.9 Å². The summed E-state index contributed by atoms with van der Waals surface area (Å²) in [5, 5.41) is 24.2. The Kier molecular flexibility index (Phi) is 5.45. The zero-order chi connectivity index (χ0) is 21.3. The van der Waals surface area contributed by atoms with Gasteiger partial charge in [0.15, 0.2) is 5.84 Å². The summed E-state index contributed by atoms with van der Waals surface area (Å²) < 4.78 is 0. The minimum Gasteiger partial charge on any atom is -0.508 e. The van der Waals surface area contributed by atoms with E-state index in [1.165, 1.54) is 17.9 Å². The number of nitrogens with zero attached hydrogens (tertiary/aromatic N) is 3. The van der Waals surface area contributed by atoms with Crippen LogP contribution in [0.5, 0.6) is 11.5 Å². The number of benzene rings is 2. The van der Waals surface area contributed by atoms with E-state index < -0.39 is 0 Å². The second-order valence-corrected chi connectivity index (χ2v) is 7.34. The molecule has 2 aromatic carbocycles. The Hall–Kier alpha value is -3.55. The van der Waals surface area contributed by atoms with Crippen molar-refractivity contribution < 1.29 is 19.8 Å². The lowest BCUT2D eigenvalue weighted by Gasteiger charge is -2.22. The molecule has 2 amide bonds. The number of hydrogen-bond donors (Lipinski definition) is 3. The van der Waals surface area contributed by atoms with Crippen LogP contribution in [-0.4, -0.2) is 33.3 Å². The third kappa shape index (κ3) is 3.73. The van der Waals surface area contributed by atoms with Crippen molar-refractivity contribution >= 4 is 23.8 Å². The maximum Gasteiger partial charge on any atom is 0.220 e. The highest BCUT2D eigenvalue weighted by molar-refractivity contribution is 6.19. The number of carbonyl (C=O) groups excluding carboxylic acids is 2. The van der Waals surface area contributed by atoms with E-state index in [-0.39, 0.29) is 34.7 Å². The Bertz CT molecular complexity index is 1000. The van der Waals surface area contributed by atoms with Crippen molar-refractivity contribution in [3.63, 3.8) is 0 Å². The van der Waals surface area contributed by atoms with Crippen molar-refractivity contribution in [2.45, 2.75) is 39.8 Å². The van der Waals surface area contributed by atoms with Crippen LogP contribution in [0.4, 0.5) is 5.69 Å². The summed E-state index contributed by atoms with van der Waals surface area (Å²) in [7, 11) is 0. The number of amidine groups is 1. The van der Waals surface area contributed by atoms with E-state index in [2.05, 4.69) is 5.10 Å². The van der Waals surface area contributed by atoms with Crippen LogP contribution in [0.2, 0.25) is 0 Å². The van der Waals surface area contributed by atoms with Crippen molar-refractivity contribution in [1.82, 2.24) is 4.90 Å². The molecule has 0 saturated heterocycles. The lowest BCUT2D eigenvalue weighted by atomic mass is 9.98. The number of anilines is 1. The van der Waals surface area contributed by atoms with Crippen LogP contribution in [0, 0.1) is 0 Å². The number of carbonyl (C=O) groups is 2. The van der Waals surface area contributed by atoms with Gasteiger partial charge in [-0.3, -0.25) is 14.5 Å². The van der Waals surface area contributed by atoms with Gasteiger partial charge in [0.25, 0.3) is 0 Å². The van der Waals surface area contributed by atoms with Crippen molar-refractivity contribution in [3.05, 3.63) is 52.6 Å². The minimum atomic E-state index is -0.244. The van der Waals surface area contributed by atoms with Crippen LogP contribution in [-0.2, 0) is 22.7 Å². The maximum atomic E-state index is 11.9. The maximum absolute atomic E-state index is 11.9. The first-order valence-corrected chi connectivity index (χ1v) is 9.22. The molecule has 8 nitrogen and oxygen atoms in total. The summed E-state index contributed by atoms with van der Waals surface area (Å²) in [6, 6.07) is 8.19. The summed E-state index contributed by atoms with van der Waals surface area (Å²) in [6.45, 7) is 6.30. The minimum absolute atomic E-state index is 0.0180. The van der Waals surface area contributed by atoms with Gasteiger partial charge in [0, 0.05) is 26.1 Å². The lowest BCUT2D eigenvalue weighted by molar-refractivity contribution is -0.129. The zero-order valence-electron chi connectivity index (χ0n) is 16.6. The van der Waals surface area contributed by atoms with Crippen LogP contribution in [0.3, 0.4) is 0 Å². The van der Waals surface area contributed by atoms with Gasteiger partial charge in [-0.25, -0.2) is 0 Å². The number of amides is 2. The average molecular weight is 396 g/mol. The van der Waals surface area contributed by atoms with Crippen molar-refractivity contribution in [3.8, 4) is 11.5 Å². The summed E-state index contributed by atoms with van der Waals surface area (Å²) in [5.74, 6) is 5.30. The molecule has 0 atom stereocenters. The number of rotatable bonds is 4. The molecule has 2 aromatic rings. The molecular formula is C21H24N4O4. The Labute approximate surface area is 168 Å². The highest BCUT2D eigenvalue weighted by atomic mass is 16.3. The number of aromatic hydroxyl groups is 2. The number of phenols is 2. The number of nitrogens with two attached hydrogens (primary N) is 1. The molecule has 0 aromatic heterocycles. The Balaban J connectivity index is 2.03. The molecule has 8 heteroatoms. The van der Waals surface area contributed by atoms with Crippen LogP contribution >= 0.6 is 0 Å². The molecule has 1 aliphatic rings. The predicted octanol–water partition coefficient (Wildman–Crippen LogP) is 2.37. The van der Waals surface area contributed by atoms with Crippen LogP contribution in [0.25, 0.3) is 0 Å². The number of phenolic OH excluding ortho intramolecular Hbond substituents is 2. The van der Waals surface area contributed by atoms with Gasteiger partial charge in [0.05, 0.1) is 11.3 Å². The number of hydrazone groups is 1. The Morgan fingerprint density at radius 3 is 2.45 bits per heavy atom. The Morgan fingerprint density at radius 2 is 1.86 bits per heavy atom. The molecule has 1 heterocycles. The zero-order valence-corrected chi connectivity index (χ0v) is 16.6. The fourth-order valence-electron chi connectivity index (χ4n) is 3.48. The van der Waals surface area contributed by atoms with Crippen LogP contribution in [0.15, 0.2) is 35.4 Å². The molecule has 3 rings (SSSR count). The molecule has 29 heavy (non-hydrogen) atoms. The van der Waals surface area contributed by atoms with Crippen molar-refractivity contribution in [2.24, 2.45) is 10.9 Å². The standard InChI is InChI=1S/C21H24N4O4/c1-12(2)17-7-18(20(29)8-19(17)28)21(23-22)25(11-26)16-5-4-14-9-24(13(3)27)10-15(14)6-16/h4-8,11-12,28-29H,9-10,22H2,1-3H3/b23-21-. The molecule has 4 N–H and O–H groups in total. The number of fused-ring (bicyclic) bond motifs is 1. The van der Waals surface area contributed by atoms with Crippen molar-refractivity contribution in [1.29, 1.82) is 0 Å². The first kappa shape index (κ1) is 20.2. The molecule has 0 unspecified atom stereocenters. The largest absolute Gasteiger partial charge is 0.508 e. The van der Waals surface area contributed by atoms with E-state index in [1.807, 2.05) is 19.9 Å². The molecular weight excluding hydrogens is 372 g/mol. The summed E-state index contributed by atoms with van der Waals surface area (Å²) >= 11 is 0. The average Bonchev–Trinajstić information content (AvgIpc) is 3.10. The summed E-state index contributed by atoms with van der Waals surface area (Å²) in [5.41, 5.74) is 3.27. The van der Waals surface area contributed by atoms with Gasteiger partial charge in [-0.15, -0.1) is 0 Å².